The van der Waals surface area contributed by atoms with E-state index < -0.39 is 11.4 Å². The van der Waals surface area contributed by atoms with Crippen LogP contribution in [0.15, 0.2) is 0 Å². The van der Waals surface area contributed by atoms with Gasteiger partial charge in [0.15, 0.2) is 5.78 Å². The van der Waals surface area contributed by atoms with E-state index >= 15 is 0 Å². The molecule has 2 fully saturated rings. The quantitative estimate of drug-likeness (QED) is 0.761. The summed E-state index contributed by atoms with van der Waals surface area (Å²) in [5.74, 6) is -0.973. The third-order valence-electron chi connectivity index (χ3n) is 4.46. The van der Waals surface area contributed by atoms with Crippen LogP contribution in [0.25, 0.3) is 0 Å². The van der Waals surface area contributed by atoms with Crippen LogP contribution in [-0.4, -0.2) is 40.9 Å². The number of carboxylic acid groups (broad SMARTS) is 1. The van der Waals surface area contributed by atoms with Crippen molar-refractivity contribution in [2.75, 3.05) is 13.1 Å². The molecular weight excluding hydrogens is 218 g/mol. The normalized spacial score (nSPS) is 35.1. The van der Waals surface area contributed by atoms with Gasteiger partial charge in [0.1, 0.15) is 5.41 Å². The molecular formula is C13H21NO3. The van der Waals surface area contributed by atoms with Gasteiger partial charge in [0, 0.05) is 0 Å². The van der Waals surface area contributed by atoms with E-state index in [0.29, 0.717) is 12.8 Å². The number of hydrogen-bond donors (Lipinski definition) is 1. The SMILES string of the molecule is CCC1(C(=O)O)CCC(N2CCCCC2)C1=O. The van der Waals surface area contributed by atoms with Crippen molar-refractivity contribution in [2.45, 2.75) is 51.5 Å². The number of likely N-dealkylation sites (tertiary alicyclic amines) is 1. The molecule has 1 aliphatic carbocycles. The lowest BCUT2D eigenvalue weighted by Crippen LogP contribution is -2.46. The van der Waals surface area contributed by atoms with Crippen molar-refractivity contribution in [3.05, 3.63) is 0 Å². The fourth-order valence-electron chi connectivity index (χ4n) is 3.25. The Kier molecular flexibility index (Phi) is 3.52. The molecule has 0 radical (unpaired) electrons. The molecule has 96 valence electrons. The summed E-state index contributed by atoms with van der Waals surface area (Å²) < 4.78 is 0. The number of Topliss-reactive ketones (excluding diaryl/α,β-unsaturated/α-hetero) is 1. The molecule has 0 spiro atoms. The molecule has 0 aromatic heterocycles. The molecule has 1 N–H and O–H groups in total. The summed E-state index contributed by atoms with van der Waals surface area (Å²) in [6.45, 7) is 3.72. The molecule has 1 heterocycles. The average Bonchev–Trinajstić information content (AvgIpc) is 2.68. The van der Waals surface area contributed by atoms with Crippen molar-refractivity contribution in [3.63, 3.8) is 0 Å². The van der Waals surface area contributed by atoms with Gasteiger partial charge in [-0.25, -0.2) is 0 Å². The number of carboxylic acids is 1. The van der Waals surface area contributed by atoms with Gasteiger partial charge in [0.05, 0.1) is 6.04 Å². The Morgan fingerprint density at radius 3 is 2.53 bits per heavy atom. The van der Waals surface area contributed by atoms with Gasteiger partial charge in [-0.05, 0) is 45.2 Å². The molecule has 4 nitrogen and oxygen atoms in total. The van der Waals surface area contributed by atoms with E-state index in [0.717, 1.165) is 32.4 Å². The smallest absolute Gasteiger partial charge is 0.317 e. The van der Waals surface area contributed by atoms with Crippen LogP contribution >= 0.6 is 0 Å². The first-order valence-corrected chi connectivity index (χ1v) is 6.63. The topological polar surface area (TPSA) is 57.6 Å². The van der Waals surface area contributed by atoms with E-state index in [4.69, 9.17) is 0 Å². The molecule has 0 amide bonds. The minimum Gasteiger partial charge on any atom is -0.480 e. The van der Waals surface area contributed by atoms with Crippen molar-refractivity contribution in [3.8, 4) is 0 Å². The van der Waals surface area contributed by atoms with E-state index in [-0.39, 0.29) is 11.8 Å². The van der Waals surface area contributed by atoms with E-state index in [2.05, 4.69) is 4.90 Å². The highest BCUT2D eigenvalue weighted by atomic mass is 16.4. The first-order chi connectivity index (χ1) is 8.12. The molecule has 0 aromatic carbocycles. The highest BCUT2D eigenvalue weighted by Crippen LogP contribution is 2.40. The predicted octanol–water partition coefficient (Wildman–Crippen LogP) is 1.68. The minimum absolute atomic E-state index is 0.0469. The molecule has 2 unspecified atom stereocenters. The van der Waals surface area contributed by atoms with Gasteiger partial charge in [-0.15, -0.1) is 0 Å². The third-order valence-corrected chi connectivity index (χ3v) is 4.46. The molecule has 4 heteroatoms. The fraction of sp³-hybridized carbons (Fsp3) is 0.846. The number of carbonyl (C=O) groups is 2. The van der Waals surface area contributed by atoms with Crippen LogP contribution in [0.1, 0.15) is 45.4 Å². The molecule has 0 aromatic rings. The number of piperidine rings is 1. The van der Waals surface area contributed by atoms with Crippen LogP contribution in [0.2, 0.25) is 0 Å². The lowest BCUT2D eigenvalue weighted by atomic mass is 9.82. The van der Waals surface area contributed by atoms with Crippen LogP contribution in [0.3, 0.4) is 0 Å². The highest BCUT2D eigenvalue weighted by molar-refractivity contribution is 6.07. The zero-order valence-electron chi connectivity index (χ0n) is 10.4. The average molecular weight is 239 g/mol. The van der Waals surface area contributed by atoms with Gasteiger partial charge < -0.3 is 5.11 Å². The van der Waals surface area contributed by atoms with E-state index in [1.54, 1.807) is 0 Å². The number of carbonyl (C=O) groups excluding carboxylic acids is 1. The van der Waals surface area contributed by atoms with Gasteiger partial charge in [-0.3, -0.25) is 14.5 Å². The number of aliphatic carboxylic acids is 1. The van der Waals surface area contributed by atoms with E-state index in [1.165, 1.54) is 6.42 Å². The summed E-state index contributed by atoms with van der Waals surface area (Å²) >= 11 is 0. The van der Waals surface area contributed by atoms with Crippen molar-refractivity contribution in [1.82, 2.24) is 4.90 Å². The van der Waals surface area contributed by atoms with Gasteiger partial charge >= 0.3 is 5.97 Å². The molecule has 0 bridgehead atoms. The second-order valence-corrected chi connectivity index (χ2v) is 5.26. The summed E-state index contributed by atoms with van der Waals surface area (Å²) in [4.78, 5) is 25.9. The monoisotopic (exact) mass is 239 g/mol. The second kappa shape index (κ2) is 4.77. The summed E-state index contributed by atoms with van der Waals surface area (Å²) in [6, 6.07) is -0.133. The maximum absolute atomic E-state index is 12.4. The standard InChI is InChI=1S/C13H21NO3/c1-2-13(12(16)17)7-6-10(11(13)15)14-8-4-3-5-9-14/h10H,2-9H2,1H3,(H,16,17). The van der Waals surface area contributed by atoms with Gasteiger partial charge in [-0.1, -0.05) is 13.3 Å². The van der Waals surface area contributed by atoms with Crippen LogP contribution in [0.4, 0.5) is 0 Å². The van der Waals surface area contributed by atoms with Crippen molar-refractivity contribution >= 4 is 11.8 Å². The Balaban J connectivity index is 2.13. The fourth-order valence-corrected chi connectivity index (χ4v) is 3.25. The summed E-state index contributed by atoms with van der Waals surface area (Å²) in [6.07, 6.45) is 5.16. The van der Waals surface area contributed by atoms with Crippen LogP contribution in [0, 0.1) is 5.41 Å². The Bertz CT molecular complexity index is 323. The van der Waals surface area contributed by atoms with Gasteiger partial charge in [0.25, 0.3) is 0 Å². The molecule has 1 aliphatic heterocycles. The van der Waals surface area contributed by atoms with Crippen molar-refractivity contribution in [2.24, 2.45) is 5.41 Å². The number of ketones is 1. The Labute approximate surface area is 102 Å². The third kappa shape index (κ3) is 1.99. The van der Waals surface area contributed by atoms with E-state index in [1.807, 2.05) is 6.92 Å². The lowest BCUT2D eigenvalue weighted by Gasteiger charge is -2.32. The predicted molar refractivity (Wildman–Crippen MR) is 63.8 cm³/mol. The number of rotatable bonds is 3. The first kappa shape index (κ1) is 12.6. The Hall–Kier alpha value is -0.900. The van der Waals surface area contributed by atoms with E-state index in [9.17, 15) is 14.7 Å². The molecule has 2 atom stereocenters. The van der Waals surface area contributed by atoms with Crippen molar-refractivity contribution < 1.29 is 14.7 Å². The lowest BCUT2D eigenvalue weighted by molar-refractivity contribution is -0.154. The Morgan fingerprint density at radius 1 is 1.41 bits per heavy atom. The maximum atomic E-state index is 12.4. The number of hydrogen-bond acceptors (Lipinski definition) is 3. The Morgan fingerprint density at radius 2 is 2.06 bits per heavy atom. The summed E-state index contributed by atoms with van der Waals surface area (Å²) in [5, 5.41) is 9.31. The van der Waals surface area contributed by atoms with Crippen LogP contribution in [0.5, 0.6) is 0 Å². The minimum atomic E-state index is -1.10. The molecule has 2 aliphatic rings. The molecule has 17 heavy (non-hydrogen) atoms. The zero-order chi connectivity index (χ0) is 12.5. The zero-order valence-corrected chi connectivity index (χ0v) is 10.4. The van der Waals surface area contributed by atoms with Gasteiger partial charge in [-0.2, -0.15) is 0 Å². The number of nitrogens with zero attached hydrogens (tertiary/aromatic N) is 1. The van der Waals surface area contributed by atoms with Crippen LogP contribution < -0.4 is 0 Å². The molecule has 1 saturated heterocycles. The summed E-state index contributed by atoms with van der Waals surface area (Å²) in [7, 11) is 0. The molecule has 1 saturated carbocycles. The highest BCUT2D eigenvalue weighted by Gasteiger charge is 2.53. The van der Waals surface area contributed by atoms with Crippen molar-refractivity contribution in [1.29, 1.82) is 0 Å². The second-order valence-electron chi connectivity index (χ2n) is 5.26. The largest absolute Gasteiger partial charge is 0.480 e. The maximum Gasteiger partial charge on any atom is 0.317 e. The van der Waals surface area contributed by atoms with Gasteiger partial charge in [0.2, 0.25) is 0 Å². The van der Waals surface area contributed by atoms with Crippen LogP contribution in [-0.2, 0) is 9.59 Å². The first-order valence-electron chi connectivity index (χ1n) is 6.63. The molecule has 2 rings (SSSR count). The summed E-state index contributed by atoms with van der Waals surface area (Å²) in [5.41, 5.74) is -1.10.